The number of rotatable bonds is 6. The van der Waals surface area contributed by atoms with E-state index in [1.807, 2.05) is 74.5 Å². The van der Waals surface area contributed by atoms with Crippen LogP contribution in [0.3, 0.4) is 0 Å². The largest absolute Gasteiger partial charge is 0.365 e. The Balaban J connectivity index is 0.000000192. The van der Waals surface area contributed by atoms with E-state index in [-0.39, 0.29) is 23.1 Å². The van der Waals surface area contributed by atoms with Crippen molar-refractivity contribution >= 4 is 17.4 Å². The quantitative estimate of drug-likeness (QED) is 0.120. The van der Waals surface area contributed by atoms with Crippen LogP contribution in [0.4, 0.5) is 23.4 Å². The van der Waals surface area contributed by atoms with Crippen molar-refractivity contribution in [1.82, 2.24) is 19.1 Å². The molecule has 0 radical (unpaired) electrons. The van der Waals surface area contributed by atoms with Crippen LogP contribution in [-0.4, -0.2) is 19.1 Å². The van der Waals surface area contributed by atoms with E-state index >= 15 is 0 Å². The maximum absolute atomic E-state index is 13.9. The standard InChI is InChI=1S/C18H15F2N3O2.C10H5ClF2N2O2.C8H11N/c1-11(12-6-3-2-4-7-12)21-15-10-16(24)23(18(25)22-15)17-13(19)8-5-9-14(17)20;11-7-4-8(16)15(10(17)14-7)9-5(12)2-1-3-6(9)13;1-7(9)8-5-3-2-4-6-8/h2-11,21H,1H3,(H,22,25);1-4H,(H,14,17);2-7H,9H2,1H3/t11-;;7-/m0.0/s1. The van der Waals surface area contributed by atoms with Crippen LogP contribution in [-0.2, 0) is 0 Å². The fraction of sp³-hybridized carbons (Fsp3) is 0.111. The summed E-state index contributed by atoms with van der Waals surface area (Å²) in [5, 5.41) is 2.79. The van der Waals surface area contributed by atoms with Crippen molar-refractivity contribution in [2.75, 3.05) is 5.32 Å². The highest BCUT2D eigenvalue weighted by Crippen LogP contribution is 2.18. The van der Waals surface area contributed by atoms with Crippen molar-refractivity contribution in [2.24, 2.45) is 5.73 Å². The van der Waals surface area contributed by atoms with Gasteiger partial charge in [-0.1, -0.05) is 84.4 Å². The zero-order valence-corrected chi connectivity index (χ0v) is 27.8. The SMILES string of the molecule is C[C@H](N)c1ccccc1.C[C@H](Nc1cc(=O)n(-c2c(F)cccc2F)c(=O)[nH]1)c1ccccc1.O=c1cc(Cl)[nH]c(=O)n1-c1c(F)cccc1F. The number of nitrogens with one attached hydrogen (secondary N) is 3. The average Bonchev–Trinajstić information content (AvgIpc) is 3.08. The number of para-hydroxylation sites is 2. The van der Waals surface area contributed by atoms with Crippen LogP contribution in [0.1, 0.15) is 37.1 Å². The van der Waals surface area contributed by atoms with E-state index in [9.17, 15) is 36.7 Å². The first-order chi connectivity index (χ1) is 24.3. The van der Waals surface area contributed by atoms with Crippen LogP contribution in [0.25, 0.3) is 11.4 Å². The molecule has 5 N–H and O–H groups in total. The molecule has 2 atom stereocenters. The second-order valence-corrected chi connectivity index (χ2v) is 11.3. The molecule has 10 nitrogen and oxygen atoms in total. The molecule has 15 heteroatoms. The van der Waals surface area contributed by atoms with Gasteiger partial charge >= 0.3 is 11.4 Å². The summed E-state index contributed by atoms with van der Waals surface area (Å²) in [7, 11) is 0. The summed E-state index contributed by atoms with van der Waals surface area (Å²) >= 11 is 5.43. The molecule has 2 aromatic heterocycles. The lowest BCUT2D eigenvalue weighted by Crippen LogP contribution is -2.35. The highest BCUT2D eigenvalue weighted by Gasteiger charge is 2.17. The lowest BCUT2D eigenvalue weighted by Gasteiger charge is -2.16. The fourth-order valence-corrected chi connectivity index (χ4v) is 4.86. The molecule has 6 aromatic rings. The Hall–Kier alpha value is -5.99. The minimum atomic E-state index is -1.01. The molecule has 0 fully saturated rings. The molecule has 51 heavy (non-hydrogen) atoms. The highest BCUT2D eigenvalue weighted by molar-refractivity contribution is 6.29. The molecule has 0 amide bonds. The topological polar surface area (TPSA) is 148 Å². The number of anilines is 1. The van der Waals surface area contributed by atoms with Gasteiger partial charge in [0.15, 0.2) is 0 Å². The van der Waals surface area contributed by atoms with Gasteiger partial charge in [0.05, 0.1) is 0 Å². The molecule has 4 aromatic carbocycles. The normalized spacial score (nSPS) is 11.7. The molecule has 0 unspecified atom stereocenters. The van der Waals surface area contributed by atoms with Gasteiger partial charge in [0.1, 0.15) is 45.6 Å². The lowest BCUT2D eigenvalue weighted by molar-refractivity contribution is 0.561. The van der Waals surface area contributed by atoms with E-state index in [4.69, 9.17) is 17.3 Å². The second-order valence-electron chi connectivity index (χ2n) is 10.9. The van der Waals surface area contributed by atoms with E-state index in [2.05, 4.69) is 15.3 Å². The van der Waals surface area contributed by atoms with Crippen LogP contribution in [0.2, 0.25) is 5.15 Å². The molecule has 0 aliphatic heterocycles. The third-order valence-electron chi connectivity index (χ3n) is 7.15. The Morgan fingerprint density at radius 2 is 1.02 bits per heavy atom. The van der Waals surface area contributed by atoms with Gasteiger partial charge in [0, 0.05) is 24.2 Å². The van der Waals surface area contributed by atoms with Crippen molar-refractivity contribution in [3.8, 4) is 11.4 Å². The zero-order chi connectivity index (χ0) is 37.2. The molecule has 0 bridgehead atoms. The molecule has 0 aliphatic rings. The number of benzene rings is 4. The van der Waals surface area contributed by atoms with Crippen molar-refractivity contribution in [3.05, 3.63) is 190 Å². The highest BCUT2D eigenvalue weighted by atomic mass is 35.5. The Bertz CT molecular complexity index is 2240. The predicted octanol–water partition coefficient (Wildman–Crippen LogP) is 6.14. The Morgan fingerprint density at radius 3 is 1.41 bits per heavy atom. The van der Waals surface area contributed by atoms with Crippen molar-refractivity contribution in [1.29, 1.82) is 0 Å². The maximum atomic E-state index is 13.9. The van der Waals surface area contributed by atoms with Gasteiger partial charge in [-0.3, -0.25) is 19.6 Å². The third-order valence-corrected chi connectivity index (χ3v) is 7.36. The minimum absolute atomic E-state index is 0.159. The van der Waals surface area contributed by atoms with E-state index < -0.39 is 57.1 Å². The second kappa shape index (κ2) is 17.1. The van der Waals surface area contributed by atoms with E-state index in [1.165, 1.54) is 5.56 Å². The third kappa shape index (κ3) is 9.59. The monoisotopic (exact) mass is 722 g/mol. The van der Waals surface area contributed by atoms with Crippen molar-refractivity contribution < 1.29 is 17.6 Å². The van der Waals surface area contributed by atoms with E-state index in [0.717, 1.165) is 54.1 Å². The molecule has 2 heterocycles. The molecule has 6 rings (SSSR count). The van der Waals surface area contributed by atoms with Gasteiger partial charge in [-0.2, -0.15) is 0 Å². The average molecular weight is 723 g/mol. The number of aromatic nitrogens is 4. The number of hydrogen-bond acceptors (Lipinski definition) is 6. The number of aromatic amines is 2. The van der Waals surface area contributed by atoms with E-state index in [0.29, 0.717) is 9.13 Å². The number of H-pyrrole nitrogens is 2. The zero-order valence-electron chi connectivity index (χ0n) is 27.0. The smallest absolute Gasteiger partial charge is 0.334 e. The van der Waals surface area contributed by atoms with Gasteiger partial charge in [-0.05, 0) is 49.2 Å². The van der Waals surface area contributed by atoms with Gasteiger partial charge in [-0.25, -0.2) is 36.3 Å². The van der Waals surface area contributed by atoms with Crippen LogP contribution < -0.4 is 33.5 Å². The van der Waals surface area contributed by atoms with Crippen LogP contribution >= 0.6 is 11.6 Å². The van der Waals surface area contributed by atoms with Crippen LogP contribution in [0.5, 0.6) is 0 Å². The number of hydrogen-bond donors (Lipinski definition) is 4. The summed E-state index contributed by atoms with van der Waals surface area (Å²) in [6.45, 7) is 3.84. The number of nitrogens with zero attached hydrogens (tertiary/aromatic N) is 2. The summed E-state index contributed by atoms with van der Waals surface area (Å²) in [4.78, 5) is 51.9. The number of halogens is 5. The van der Waals surface area contributed by atoms with Crippen molar-refractivity contribution in [2.45, 2.75) is 25.9 Å². The molecule has 0 saturated heterocycles. The number of nitrogens with two attached hydrogens (primary N) is 1. The summed E-state index contributed by atoms with van der Waals surface area (Å²) in [5.74, 6) is -3.85. The summed E-state index contributed by atoms with van der Waals surface area (Å²) in [5.41, 5.74) is 2.64. The molecule has 0 aliphatic carbocycles. The molecule has 0 spiro atoms. The summed E-state index contributed by atoms with van der Waals surface area (Å²) in [6, 6.07) is 27.5. The van der Waals surface area contributed by atoms with Gasteiger partial charge in [-0.15, -0.1) is 0 Å². The predicted molar refractivity (Wildman–Crippen MR) is 188 cm³/mol. The van der Waals surface area contributed by atoms with Gasteiger partial charge < -0.3 is 11.1 Å². The Labute approximate surface area is 292 Å². The lowest BCUT2D eigenvalue weighted by atomic mass is 10.1. The minimum Gasteiger partial charge on any atom is -0.365 e. The van der Waals surface area contributed by atoms with Crippen LogP contribution in [0.15, 0.2) is 128 Å². The van der Waals surface area contributed by atoms with Crippen LogP contribution in [0, 0.1) is 23.3 Å². The first-order valence-electron chi connectivity index (χ1n) is 15.2. The van der Waals surface area contributed by atoms with Gasteiger partial charge in [0.2, 0.25) is 0 Å². The molecule has 0 saturated carbocycles. The fourth-order valence-electron chi connectivity index (χ4n) is 4.68. The summed E-state index contributed by atoms with van der Waals surface area (Å²) < 4.78 is 55.3. The first-order valence-corrected chi connectivity index (χ1v) is 15.5. The van der Waals surface area contributed by atoms with Gasteiger partial charge in [0.25, 0.3) is 11.1 Å². The summed E-state index contributed by atoms with van der Waals surface area (Å²) in [6.07, 6.45) is 0. The molecular weight excluding hydrogens is 692 g/mol. The maximum Gasteiger partial charge on any atom is 0.334 e. The first kappa shape index (κ1) is 37.8. The molecular formula is C36H31ClF4N6O4. The Kier molecular flexibility index (Phi) is 12.7. The van der Waals surface area contributed by atoms with E-state index in [1.54, 1.807) is 0 Å². The Morgan fingerprint density at radius 1 is 0.608 bits per heavy atom. The molecule has 264 valence electrons. The van der Waals surface area contributed by atoms with Crippen molar-refractivity contribution in [3.63, 3.8) is 0 Å².